The number of hydrogen-bond donors (Lipinski definition) is 0. The topological polar surface area (TPSA) is 35.6 Å². The molecule has 0 bridgehead atoms. The Morgan fingerprint density at radius 1 is 0.592 bits per heavy atom. The van der Waals surface area contributed by atoms with Gasteiger partial charge in [0.1, 0.15) is 0 Å². The highest BCUT2D eigenvalue weighted by atomic mass is 15.3. The molecule has 0 spiro atoms. The van der Waals surface area contributed by atoms with E-state index in [-0.39, 0.29) is 5.41 Å². The van der Waals surface area contributed by atoms with Crippen molar-refractivity contribution >= 4 is 21.8 Å². The van der Waals surface area contributed by atoms with Crippen LogP contribution in [-0.2, 0) is 10.8 Å². The highest BCUT2D eigenvalue weighted by Gasteiger charge is 2.47. The maximum absolute atomic E-state index is 5.13. The van der Waals surface area contributed by atoms with E-state index < -0.39 is 5.41 Å². The van der Waals surface area contributed by atoms with Crippen molar-refractivity contribution < 1.29 is 0 Å². The number of pyridine rings is 1. The predicted octanol–water partition coefficient (Wildman–Crippen LogP) is 10.6. The van der Waals surface area contributed by atoms with Crippen LogP contribution in [0.4, 0.5) is 0 Å². The molecule has 5 aromatic carbocycles. The third kappa shape index (κ3) is 4.30. The van der Waals surface area contributed by atoms with E-state index in [9.17, 15) is 0 Å². The number of rotatable bonds is 4. The zero-order valence-electron chi connectivity index (χ0n) is 28.6. The van der Waals surface area contributed by atoms with Crippen LogP contribution in [0.5, 0.6) is 0 Å². The Labute approximate surface area is 287 Å². The van der Waals surface area contributed by atoms with Crippen LogP contribution in [0.3, 0.4) is 0 Å². The summed E-state index contributed by atoms with van der Waals surface area (Å²) in [7, 11) is 0. The normalized spacial score (nSPS) is 13.6. The number of benzene rings is 5. The van der Waals surface area contributed by atoms with Crippen LogP contribution in [0.2, 0.25) is 0 Å². The van der Waals surface area contributed by atoms with Gasteiger partial charge in [0.25, 0.3) is 0 Å². The lowest BCUT2D eigenvalue weighted by atomic mass is 9.68. The van der Waals surface area contributed by atoms with E-state index in [4.69, 9.17) is 10.1 Å². The van der Waals surface area contributed by atoms with Crippen LogP contribution < -0.4 is 0 Å². The monoisotopic (exact) mass is 634 g/mol. The fourth-order valence-corrected chi connectivity index (χ4v) is 8.20. The standard InChI is InChI=1S/C45H38N4/c1-29-24-30(2)49(47-29)33-21-22-38-37-16-8-11-19-41(37)48(42(38)28-33)34-26-31(44(3,4)5)25-32(27-34)45(43-20-12-13-23-46-43)39-17-9-6-14-35(39)36-15-7-10-18-40(36)45/h6-28H,1-5H3. The average molecular weight is 635 g/mol. The first-order valence-electron chi connectivity index (χ1n) is 17.1. The predicted molar refractivity (Wildman–Crippen MR) is 201 cm³/mol. The molecule has 0 atom stereocenters. The van der Waals surface area contributed by atoms with Gasteiger partial charge in [0.2, 0.25) is 0 Å². The molecule has 0 fully saturated rings. The summed E-state index contributed by atoms with van der Waals surface area (Å²) in [6, 6.07) is 49.0. The Morgan fingerprint density at radius 3 is 1.94 bits per heavy atom. The van der Waals surface area contributed by atoms with Gasteiger partial charge in [-0.3, -0.25) is 4.98 Å². The van der Waals surface area contributed by atoms with E-state index in [1.165, 1.54) is 49.7 Å². The number of hydrogen-bond acceptors (Lipinski definition) is 2. The number of nitrogens with zero attached hydrogens (tertiary/aromatic N) is 4. The van der Waals surface area contributed by atoms with Crippen molar-refractivity contribution in [3.63, 3.8) is 0 Å². The molecular formula is C45H38N4. The molecule has 0 saturated carbocycles. The molecule has 0 saturated heterocycles. The van der Waals surface area contributed by atoms with E-state index in [1.807, 2.05) is 12.3 Å². The van der Waals surface area contributed by atoms with Crippen molar-refractivity contribution in [1.82, 2.24) is 19.3 Å². The first-order chi connectivity index (χ1) is 23.7. The zero-order valence-corrected chi connectivity index (χ0v) is 28.6. The first-order valence-corrected chi connectivity index (χ1v) is 17.1. The van der Waals surface area contributed by atoms with E-state index in [1.54, 1.807) is 0 Å². The summed E-state index contributed by atoms with van der Waals surface area (Å²) in [5.74, 6) is 0. The van der Waals surface area contributed by atoms with Crippen molar-refractivity contribution in [3.05, 3.63) is 179 Å². The molecule has 0 amide bonds. The molecule has 8 aromatic rings. The highest BCUT2D eigenvalue weighted by Crippen LogP contribution is 2.56. The van der Waals surface area contributed by atoms with Crippen LogP contribution in [0, 0.1) is 13.8 Å². The minimum Gasteiger partial charge on any atom is -0.309 e. The summed E-state index contributed by atoms with van der Waals surface area (Å²) in [4.78, 5) is 5.13. The number of aryl methyl sites for hydroxylation is 2. The Morgan fingerprint density at radius 2 is 1.27 bits per heavy atom. The number of aromatic nitrogens is 4. The summed E-state index contributed by atoms with van der Waals surface area (Å²) in [5, 5.41) is 7.30. The molecule has 0 aliphatic heterocycles. The third-order valence-electron chi connectivity index (χ3n) is 10.4. The van der Waals surface area contributed by atoms with Crippen LogP contribution in [-0.4, -0.2) is 19.3 Å². The van der Waals surface area contributed by atoms with Gasteiger partial charge in [-0.2, -0.15) is 5.10 Å². The van der Waals surface area contributed by atoms with Gasteiger partial charge in [0.05, 0.1) is 33.5 Å². The minimum absolute atomic E-state index is 0.110. The molecule has 49 heavy (non-hydrogen) atoms. The lowest BCUT2D eigenvalue weighted by Crippen LogP contribution is -2.30. The van der Waals surface area contributed by atoms with E-state index in [0.29, 0.717) is 0 Å². The van der Waals surface area contributed by atoms with E-state index in [0.717, 1.165) is 34.0 Å². The molecule has 4 heteroatoms. The second-order valence-electron chi connectivity index (χ2n) is 14.5. The quantitative estimate of drug-likeness (QED) is 0.193. The Balaban J connectivity index is 1.41. The second kappa shape index (κ2) is 10.6. The molecule has 0 radical (unpaired) electrons. The third-order valence-corrected chi connectivity index (χ3v) is 10.4. The molecule has 3 aromatic heterocycles. The van der Waals surface area contributed by atoms with Crippen LogP contribution in [0.25, 0.3) is 44.3 Å². The lowest BCUT2D eigenvalue weighted by Gasteiger charge is -2.34. The van der Waals surface area contributed by atoms with Gasteiger partial charge in [-0.05, 0) is 101 Å². The van der Waals surface area contributed by atoms with Crippen molar-refractivity contribution in [2.24, 2.45) is 0 Å². The molecule has 1 aliphatic carbocycles. The molecular weight excluding hydrogens is 597 g/mol. The molecule has 0 N–H and O–H groups in total. The molecule has 9 rings (SSSR count). The van der Waals surface area contributed by atoms with Crippen molar-refractivity contribution in [2.75, 3.05) is 0 Å². The largest absolute Gasteiger partial charge is 0.309 e. The van der Waals surface area contributed by atoms with Gasteiger partial charge < -0.3 is 4.57 Å². The van der Waals surface area contributed by atoms with Gasteiger partial charge in [-0.15, -0.1) is 0 Å². The van der Waals surface area contributed by atoms with Crippen LogP contribution in [0.15, 0.2) is 140 Å². The average Bonchev–Trinajstić information content (AvgIpc) is 3.74. The maximum Gasteiger partial charge on any atom is 0.0886 e. The maximum atomic E-state index is 5.13. The molecule has 3 heterocycles. The Hall–Kier alpha value is -5.74. The highest BCUT2D eigenvalue weighted by molar-refractivity contribution is 6.09. The van der Waals surface area contributed by atoms with Crippen LogP contribution in [0.1, 0.15) is 60.1 Å². The SMILES string of the molecule is Cc1cc(C)n(-c2ccc3c4ccccc4n(-c4cc(C(C)(C)C)cc(C5(c6ccccn6)c6ccccc6-c6ccccc65)c4)c3c2)n1. The van der Waals surface area contributed by atoms with Crippen molar-refractivity contribution in [2.45, 2.75) is 45.4 Å². The number of fused-ring (bicyclic) bond motifs is 6. The van der Waals surface area contributed by atoms with Crippen LogP contribution >= 0.6 is 0 Å². The molecule has 4 nitrogen and oxygen atoms in total. The summed E-state index contributed by atoms with van der Waals surface area (Å²) in [5.41, 5.74) is 14.5. The van der Waals surface area contributed by atoms with Gasteiger partial charge in [0, 0.05) is 28.4 Å². The molecule has 0 unspecified atom stereocenters. The van der Waals surface area contributed by atoms with Gasteiger partial charge in [-0.25, -0.2) is 4.68 Å². The summed E-state index contributed by atoms with van der Waals surface area (Å²) in [6.07, 6.45) is 1.93. The van der Waals surface area contributed by atoms with Gasteiger partial charge in [0.15, 0.2) is 0 Å². The summed E-state index contributed by atoms with van der Waals surface area (Å²) < 4.78 is 4.51. The number of para-hydroxylation sites is 1. The summed E-state index contributed by atoms with van der Waals surface area (Å²) in [6.45, 7) is 11.1. The van der Waals surface area contributed by atoms with Gasteiger partial charge >= 0.3 is 0 Å². The fourth-order valence-electron chi connectivity index (χ4n) is 8.20. The minimum atomic E-state index is -0.599. The lowest BCUT2D eigenvalue weighted by molar-refractivity contribution is 0.586. The Kier molecular flexibility index (Phi) is 6.38. The second-order valence-corrected chi connectivity index (χ2v) is 14.5. The van der Waals surface area contributed by atoms with E-state index >= 15 is 0 Å². The van der Waals surface area contributed by atoms with Crippen molar-refractivity contribution in [1.29, 1.82) is 0 Å². The Bertz CT molecular complexity index is 2510. The molecule has 1 aliphatic rings. The summed E-state index contributed by atoms with van der Waals surface area (Å²) >= 11 is 0. The first kappa shape index (κ1) is 29.4. The fraction of sp³-hybridized carbons (Fsp3) is 0.156. The van der Waals surface area contributed by atoms with Gasteiger partial charge in [-0.1, -0.05) is 106 Å². The molecule has 238 valence electrons. The van der Waals surface area contributed by atoms with E-state index in [2.05, 4.69) is 171 Å². The van der Waals surface area contributed by atoms with Crippen molar-refractivity contribution in [3.8, 4) is 22.5 Å². The smallest absolute Gasteiger partial charge is 0.0886 e. The zero-order chi connectivity index (χ0) is 33.5.